The number of piperazine rings is 1. The SMILES string of the molecule is Cc1ncc([N+](=O)[O-])cc1C(=O)N1CCNC[C@@H]1C.Cl. The number of pyridine rings is 1. The quantitative estimate of drug-likeness (QED) is 0.654. The van der Waals surface area contributed by atoms with Crippen molar-refractivity contribution in [1.82, 2.24) is 15.2 Å². The van der Waals surface area contributed by atoms with Crippen LogP contribution in [0.25, 0.3) is 0 Å². The zero-order chi connectivity index (χ0) is 14.0. The number of carbonyl (C=O) groups is 1. The summed E-state index contributed by atoms with van der Waals surface area (Å²) >= 11 is 0. The number of amides is 1. The molecule has 2 rings (SSSR count). The standard InChI is InChI=1S/C12H16N4O3.ClH/c1-8-6-13-3-4-15(8)12(17)11-5-10(16(18)19)7-14-9(11)2;/h5,7-8,13H,3-4,6H2,1-2H3;1H/t8-;/m0./s1. The van der Waals surface area contributed by atoms with Crippen molar-refractivity contribution in [2.75, 3.05) is 19.6 Å². The lowest BCUT2D eigenvalue weighted by Gasteiger charge is -2.34. The van der Waals surface area contributed by atoms with E-state index < -0.39 is 4.92 Å². The van der Waals surface area contributed by atoms with Gasteiger partial charge in [-0.3, -0.25) is 19.9 Å². The van der Waals surface area contributed by atoms with Gasteiger partial charge in [-0.25, -0.2) is 0 Å². The first-order valence-corrected chi connectivity index (χ1v) is 6.13. The molecule has 0 unspecified atom stereocenters. The zero-order valence-electron chi connectivity index (χ0n) is 11.3. The monoisotopic (exact) mass is 300 g/mol. The molecule has 0 aromatic carbocycles. The molecule has 7 nitrogen and oxygen atoms in total. The predicted molar refractivity (Wildman–Crippen MR) is 76.2 cm³/mol. The highest BCUT2D eigenvalue weighted by Crippen LogP contribution is 2.18. The first-order valence-electron chi connectivity index (χ1n) is 6.13. The molecule has 8 heteroatoms. The number of carbonyl (C=O) groups excluding carboxylic acids is 1. The van der Waals surface area contributed by atoms with Crippen LogP contribution in [-0.4, -0.2) is 46.4 Å². The summed E-state index contributed by atoms with van der Waals surface area (Å²) in [6.45, 7) is 5.70. The lowest BCUT2D eigenvalue weighted by molar-refractivity contribution is -0.385. The van der Waals surface area contributed by atoms with Crippen molar-refractivity contribution in [2.24, 2.45) is 0 Å². The number of nitrogens with zero attached hydrogens (tertiary/aromatic N) is 3. The lowest BCUT2D eigenvalue weighted by Crippen LogP contribution is -2.52. The number of nitrogens with one attached hydrogen (secondary N) is 1. The number of nitro groups is 1. The minimum atomic E-state index is -0.537. The summed E-state index contributed by atoms with van der Waals surface area (Å²) in [6.07, 6.45) is 1.17. The van der Waals surface area contributed by atoms with E-state index in [4.69, 9.17) is 0 Å². The van der Waals surface area contributed by atoms with Crippen LogP contribution in [0.5, 0.6) is 0 Å². The molecule has 1 atom stereocenters. The Bertz CT molecular complexity index is 523. The Balaban J connectivity index is 0.00000200. The van der Waals surface area contributed by atoms with Gasteiger partial charge in [-0.15, -0.1) is 12.4 Å². The maximum Gasteiger partial charge on any atom is 0.288 e. The van der Waals surface area contributed by atoms with Crippen molar-refractivity contribution in [3.8, 4) is 0 Å². The molecule has 20 heavy (non-hydrogen) atoms. The van der Waals surface area contributed by atoms with Crippen molar-refractivity contribution in [3.63, 3.8) is 0 Å². The van der Waals surface area contributed by atoms with Gasteiger partial charge < -0.3 is 10.2 Å². The summed E-state index contributed by atoms with van der Waals surface area (Å²) < 4.78 is 0. The lowest BCUT2D eigenvalue weighted by atomic mass is 10.1. The average Bonchev–Trinajstić information content (AvgIpc) is 2.38. The summed E-state index contributed by atoms with van der Waals surface area (Å²) in [7, 11) is 0. The van der Waals surface area contributed by atoms with E-state index >= 15 is 0 Å². The molecular weight excluding hydrogens is 284 g/mol. The van der Waals surface area contributed by atoms with Crippen molar-refractivity contribution in [3.05, 3.63) is 33.6 Å². The predicted octanol–water partition coefficient (Wildman–Crippen LogP) is 1.15. The number of hydrogen-bond donors (Lipinski definition) is 1. The highest BCUT2D eigenvalue weighted by atomic mass is 35.5. The van der Waals surface area contributed by atoms with Gasteiger partial charge in [-0.1, -0.05) is 0 Å². The maximum atomic E-state index is 12.4. The molecule has 110 valence electrons. The molecule has 0 bridgehead atoms. The first-order chi connectivity index (χ1) is 9.00. The second kappa shape index (κ2) is 6.62. The van der Waals surface area contributed by atoms with E-state index in [0.717, 1.165) is 13.1 Å². The van der Waals surface area contributed by atoms with Gasteiger partial charge in [0.2, 0.25) is 0 Å². The molecule has 0 radical (unpaired) electrons. The van der Waals surface area contributed by atoms with Crippen molar-refractivity contribution in [1.29, 1.82) is 0 Å². The van der Waals surface area contributed by atoms with E-state index in [1.54, 1.807) is 11.8 Å². The van der Waals surface area contributed by atoms with Crippen molar-refractivity contribution >= 4 is 24.0 Å². The third kappa shape index (κ3) is 3.23. The van der Waals surface area contributed by atoms with E-state index in [-0.39, 0.29) is 30.0 Å². The van der Waals surface area contributed by atoms with E-state index in [0.29, 0.717) is 17.8 Å². The van der Waals surface area contributed by atoms with Gasteiger partial charge >= 0.3 is 0 Å². The first kappa shape index (κ1) is 16.3. The van der Waals surface area contributed by atoms with Gasteiger partial charge in [-0.2, -0.15) is 0 Å². The minimum Gasteiger partial charge on any atom is -0.333 e. The van der Waals surface area contributed by atoms with Crippen LogP contribution >= 0.6 is 12.4 Å². The summed E-state index contributed by atoms with van der Waals surface area (Å²) in [5.74, 6) is -0.192. The van der Waals surface area contributed by atoms with E-state index in [1.807, 2.05) is 6.92 Å². The summed E-state index contributed by atoms with van der Waals surface area (Å²) in [5, 5.41) is 14.0. The van der Waals surface area contributed by atoms with Gasteiger partial charge in [0, 0.05) is 31.7 Å². The van der Waals surface area contributed by atoms with Crippen LogP contribution in [0, 0.1) is 17.0 Å². The van der Waals surface area contributed by atoms with Crippen LogP contribution in [0.15, 0.2) is 12.3 Å². The van der Waals surface area contributed by atoms with E-state index in [9.17, 15) is 14.9 Å². The van der Waals surface area contributed by atoms with Gasteiger partial charge in [-0.05, 0) is 13.8 Å². The Kier molecular flexibility index (Phi) is 5.41. The minimum absolute atomic E-state index is 0. The average molecular weight is 301 g/mol. The molecule has 1 aliphatic rings. The van der Waals surface area contributed by atoms with Crippen LogP contribution in [0.2, 0.25) is 0 Å². The summed E-state index contributed by atoms with van der Waals surface area (Å²) in [6, 6.07) is 1.37. The highest BCUT2D eigenvalue weighted by Gasteiger charge is 2.26. The Morgan fingerprint density at radius 1 is 1.60 bits per heavy atom. The summed E-state index contributed by atoms with van der Waals surface area (Å²) in [4.78, 5) is 28.3. The third-order valence-corrected chi connectivity index (χ3v) is 3.28. The van der Waals surface area contributed by atoms with Crippen LogP contribution in [-0.2, 0) is 0 Å². The van der Waals surface area contributed by atoms with Crippen LogP contribution in [0.4, 0.5) is 5.69 Å². The number of halogens is 1. The van der Waals surface area contributed by atoms with Gasteiger partial charge in [0.05, 0.1) is 16.2 Å². The smallest absolute Gasteiger partial charge is 0.288 e. The summed E-state index contributed by atoms with van der Waals surface area (Å²) in [5.41, 5.74) is 0.668. The van der Waals surface area contributed by atoms with Crippen molar-refractivity contribution < 1.29 is 9.72 Å². The molecule has 1 saturated heterocycles. The van der Waals surface area contributed by atoms with Gasteiger partial charge in [0.25, 0.3) is 11.6 Å². The Labute approximate surface area is 122 Å². The second-order valence-corrected chi connectivity index (χ2v) is 4.64. The van der Waals surface area contributed by atoms with Gasteiger partial charge in [0.1, 0.15) is 6.20 Å². The van der Waals surface area contributed by atoms with Crippen LogP contribution in [0.1, 0.15) is 23.0 Å². The largest absolute Gasteiger partial charge is 0.333 e. The fourth-order valence-electron chi connectivity index (χ4n) is 2.14. The Morgan fingerprint density at radius 2 is 2.30 bits per heavy atom. The molecule has 1 aromatic rings. The molecular formula is C12H17ClN4O3. The topological polar surface area (TPSA) is 88.4 Å². The molecule has 1 aromatic heterocycles. The van der Waals surface area contributed by atoms with Crippen LogP contribution in [0.3, 0.4) is 0 Å². The second-order valence-electron chi connectivity index (χ2n) is 4.64. The number of hydrogen-bond acceptors (Lipinski definition) is 5. The number of aromatic nitrogens is 1. The molecule has 1 amide bonds. The van der Waals surface area contributed by atoms with Crippen molar-refractivity contribution in [2.45, 2.75) is 19.9 Å². The Hall–Kier alpha value is -1.73. The molecule has 0 aliphatic carbocycles. The molecule has 2 heterocycles. The molecule has 1 N–H and O–H groups in total. The third-order valence-electron chi connectivity index (χ3n) is 3.28. The molecule has 1 fully saturated rings. The van der Waals surface area contributed by atoms with Gasteiger partial charge in [0.15, 0.2) is 0 Å². The molecule has 0 spiro atoms. The highest BCUT2D eigenvalue weighted by molar-refractivity contribution is 5.96. The fraction of sp³-hybridized carbons (Fsp3) is 0.500. The molecule has 0 saturated carbocycles. The Morgan fingerprint density at radius 3 is 2.90 bits per heavy atom. The number of aryl methyl sites for hydroxylation is 1. The van der Waals surface area contributed by atoms with Crippen LogP contribution < -0.4 is 5.32 Å². The zero-order valence-corrected chi connectivity index (χ0v) is 12.1. The number of rotatable bonds is 2. The normalized spacial score (nSPS) is 18.3. The fourth-order valence-corrected chi connectivity index (χ4v) is 2.14. The maximum absolute atomic E-state index is 12.4. The van der Waals surface area contributed by atoms with E-state index in [2.05, 4.69) is 10.3 Å². The molecule has 1 aliphatic heterocycles. The van der Waals surface area contributed by atoms with E-state index in [1.165, 1.54) is 12.3 Å².